The fraction of sp³-hybridized carbons (Fsp3) is 0.444. The molecule has 1 saturated heterocycles. The van der Waals surface area contributed by atoms with Gasteiger partial charge in [-0.25, -0.2) is 4.98 Å². The molecule has 0 aromatic carbocycles. The zero-order valence-electron chi connectivity index (χ0n) is 7.26. The number of rotatable bonds is 1. The van der Waals surface area contributed by atoms with E-state index in [9.17, 15) is 0 Å². The van der Waals surface area contributed by atoms with E-state index in [4.69, 9.17) is 0 Å². The minimum absolute atomic E-state index is 0.386. The molecule has 1 aliphatic heterocycles. The number of pyridine rings is 1. The van der Waals surface area contributed by atoms with Gasteiger partial charge in [-0.15, -0.1) is 0 Å². The quantitative estimate of drug-likeness (QED) is 0.723. The van der Waals surface area contributed by atoms with E-state index < -0.39 is 0 Å². The summed E-state index contributed by atoms with van der Waals surface area (Å²) in [6.45, 7) is 3.05. The second-order valence-electron chi connectivity index (χ2n) is 3.09. The summed E-state index contributed by atoms with van der Waals surface area (Å²) >= 11 is 3.45. The van der Waals surface area contributed by atoms with Gasteiger partial charge in [-0.05, 0) is 22.0 Å². The second kappa shape index (κ2) is 4.17. The molecular weight excluding hydrogens is 230 g/mol. The van der Waals surface area contributed by atoms with Crippen LogP contribution in [0, 0.1) is 0 Å². The molecule has 4 heteroatoms. The summed E-state index contributed by atoms with van der Waals surface area (Å²) in [5.74, 6) is 0. The summed E-state index contributed by atoms with van der Waals surface area (Å²) in [5, 5.41) is 6.79. The van der Waals surface area contributed by atoms with Crippen molar-refractivity contribution in [1.29, 1.82) is 0 Å². The number of hydrogen-bond acceptors (Lipinski definition) is 3. The maximum atomic E-state index is 4.20. The summed E-state index contributed by atoms with van der Waals surface area (Å²) in [4.78, 5) is 4.20. The first-order chi connectivity index (χ1) is 6.38. The van der Waals surface area contributed by atoms with E-state index in [0.717, 1.165) is 24.2 Å². The number of nitrogens with one attached hydrogen (secondary N) is 2. The van der Waals surface area contributed by atoms with Gasteiger partial charge in [0.1, 0.15) is 4.60 Å². The van der Waals surface area contributed by atoms with Crippen molar-refractivity contribution in [2.45, 2.75) is 6.04 Å². The molecule has 1 aromatic heterocycles. The predicted octanol–water partition coefficient (Wildman–Crippen LogP) is 1.08. The Labute approximate surface area is 86.1 Å². The van der Waals surface area contributed by atoms with E-state index in [-0.39, 0.29) is 0 Å². The van der Waals surface area contributed by atoms with Crippen LogP contribution in [0.4, 0.5) is 0 Å². The Bertz CT molecular complexity index is 284. The smallest absolute Gasteiger partial charge is 0.110 e. The van der Waals surface area contributed by atoms with Crippen molar-refractivity contribution in [1.82, 2.24) is 15.6 Å². The van der Waals surface area contributed by atoms with E-state index >= 15 is 0 Å². The van der Waals surface area contributed by atoms with Crippen molar-refractivity contribution in [2.24, 2.45) is 0 Å². The highest BCUT2D eigenvalue weighted by molar-refractivity contribution is 9.10. The lowest BCUT2D eigenvalue weighted by Crippen LogP contribution is -2.42. The molecule has 2 heterocycles. The highest BCUT2D eigenvalue weighted by atomic mass is 79.9. The van der Waals surface area contributed by atoms with E-state index in [2.05, 4.69) is 37.6 Å². The number of halogens is 1. The van der Waals surface area contributed by atoms with E-state index in [1.165, 1.54) is 5.56 Å². The van der Waals surface area contributed by atoms with Gasteiger partial charge >= 0.3 is 0 Å². The van der Waals surface area contributed by atoms with Gasteiger partial charge < -0.3 is 10.6 Å². The fourth-order valence-electron chi connectivity index (χ4n) is 1.53. The lowest BCUT2D eigenvalue weighted by molar-refractivity contribution is 0.428. The van der Waals surface area contributed by atoms with Crippen molar-refractivity contribution >= 4 is 15.9 Å². The second-order valence-corrected chi connectivity index (χ2v) is 3.85. The molecule has 0 spiro atoms. The first kappa shape index (κ1) is 9.12. The minimum atomic E-state index is 0.386. The first-order valence-electron chi connectivity index (χ1n) is 4.42. The molecule has 2 N–H and O–H groups in total. The molecule has 0 bridgehead atoms. The van der Waals surface area contributed by atoms with Crippen LogP contribution in [-0.4, -0.2) is 24.6 Å². The molecule has 1 aromatic rings. The van der Waals surface area contributed by atoms with Gasteiger partial charge in [0.15, 0.2) is 0 Å². The van der Waals surface area contributed by atoms with E-state index in [0.29, 0.717) is 6.04 Å². The van der Waals surface area contributed by atoms with Gasteiger partial charge in [-0.1, -0.05) is 6.07 Å². The Kier molecular flexibility index (Phi) is 2.93. The van der Waals surface area contributed by atoms with Gasteiger partial charge in [0.2, 0.25) is 0 Å². The normalized spacial score (nSPS) is 23.0. The third kappa shape index (κ3) is 2.07. The first-order valence-corrected chi connectivity index (χ1v) is 5.22. The van der Waals surface area contributed by atoms with Crippen molar-refractivity contribution in [3.63, 3.8) is 0 Å². The molecule has 2 rings (SSSR count). The third-order valence-electron chi connectivity index (χ3n) is 2.20. The summed E-state index contributed by atoms with van der Waals surface area (Å²) in [7, 11) is 0. The average molecular weight is 242 g/mol. The van der Waals surface area contributed by atoms with Crippen LogP contribution < -0.4 is 10.6 Å². The minimum Gasteiger partial charge on any atom is -0.314 e. The SMILES string of the molecule is Brc1ncccc1[C@@H]1CNCCN1. The highest BCUT2D eigenvalue weighted by Crippen LogP contribution is 2.20. The van der Waals surface area contributed by atoms with E-state index in [1.807, 2.05) is 6.07 Å². The lowest BCUT2D eigenvalue weighted by atomic mass is 10.1. The third-order valence-corrected chi connectivity index (χ3v) is 2.87. The van der Waals surface area contributed by atoms with Crippen molar-refractivity contribution in [2.75, 3.05) is 19.6 Å². The Hall–Kier alpha value is -0.450. The maximum Gasteiger partial charge on any atom is 0.110 e. The molecule has 0 aliphatic carbocycles. The largest absolute Gasteiger partial charge is 0.314 e. The maximum absolute atomic E-state index is 4.20. The number of nitrogens with zero attached hydrogens (tertiary/aromatic N) is 1. The van der Waals surface area contributed by atoms with Crippen LogP contribution in [0.15, 0.2) is 22.9 Å². The molecular formula is C9H12BrN3. The van der Waals surface area contributed by atoms with Crippen LogP contribution in [0.2, 0.25) is 0 Å². The summed E-state index contributed by atoms with van der Waals surface area (Å²) in [5.41, 5.74) is 1.23. The van der Waals surface area contributed by atoms with Gasteiger partial charge in [0.25, 0.3) is 0 Å². The predicted molar refractivity (Wildman–Crippen MR) is 55.6 cm³/mol. The van der Waals surface area contributed by atoms with Gasteiger partial charge in [0.05, 0.1) is 0 Å². The van der Waals surface area contributed by atoms with Crippen LogP contribution in [0.5, 0.6) is 0 Å². The van der Waals surface area contributed by atoms with Gasteiger partial charge in [0, 0.05) is 37.4 Å². The lowest BCUT2D eigenvalue weighted by Gasteiger charge is -2.25. The van der Waals surface area contributed by atoms with Crippen LogP contribution in [0.3, 0.4) is 0 Å². The summed E-state index contributed by atoms with van der Waals surface area (Å²) < 4.78 is 0.941. The number of piperazine rings is 1. The van der Waals surface area contributed by atoms with Gasteiger partial charge in [-0.2, -0.15) is 0 Å². The molecule has 0 radical (unpaired) electrons. The molecule has 70 valence electrons. The van der Waals surface area contributed by atoms with Gasteiger partial charge in [-0.3, -0.25) is 0 Å². The van der Waals surface area contributed by atoms with Crippen LogP contribution >= 0.6 is 15.9 Å². The molecule has 1 aliphatic rings. The Morgan fingerprint density at radius 1 is 1.46 bits per heavy atom. The Balaban J connectivity index is 2.18. The van der Waals surface area contributed by atoms with Crippen molar-refractivity contribution < 1.29 is 0 Å². The summed E-state index contributed by atoms with van der Waals surface area (Å²) in [6.07, 6.45) is 1.80. The van der Waals surface area contributed by atoms with Crippen LogP contribution in [-0.2, 0) is 0 Å². The molecule has 0 unspecified atom stereocenters. The monoisotopic (exact) mass is 241 g/mol. The Morgan fingerprint density at radius 3 is 3.08 bits per heavy atom. The van der Waals surface area contributed by atoms with Crippen molar-refractivity contribution in [3.05, 3.63) is 28.5 Å². The van der Waals surface area contributed by atoms with Crippen LogP contribution in [0.1, 0.15) is 11.6 Å². The standard InChI is InChI=1S/C9H12BrN3/c10-9-7(2-1-3-13-9)8-6-11-4-5-12-8/h1-3,8,11-12H,4-6H2/t8-/m0/s1. The van der Waals surface area contributed by atoms with Crippen molar-refractivity contribution in [3.8, 4) is 0 Å². The molecule has 1 atom stereocenters. The molecule has 0 saturated carbocycles. The molecule has 3 nitrogen and oxygen atoms in total. The van der Waals surface area contributed by atoms with Crippen LogP contribution in [0.25, 0.3) is 0 Å². The molecule has 1 fully saturated rings. The van der Waals surface area contributed by atoms with E-state index in [1.54, 1.807) is 6.20 Å². The zero-order valence-corrected chi connectivity index (χ0v) is 8.84. The Morgan fingerprint density at radius 2 is 2.38 bits per heavy atom. The fourth-order valence-corrected chi connectivity index (χ4v) is 2.06. The summed E-state index contributed by atoms with van der Waals surface area (Å²) in [6, 6.07) is 4.45. The number of hydrogen-bond donors (Lipinski definition) is 2. The number of aromatic nitrogens is 1. The highest BCUT2D eigenvalue weighted by Gasteiger charge is 2.16. The zero-order chi connectivity index (χ0) is 9.10. The molecule has 13 heavy (non-hydrogen) atoms. The average Bonchev–Trinajstić information content (AvgIpc) is 2.20. The topological polar surface area (TPSA) is 37.0 Å². The molecule has 0 amide bonds.